The summed E-state index contributed by atoms with van der Waals surface area (Å²) in [6.07, 6.45) is 32.6. The maximum atomic E-state index is 10.6. The Kier molecular flexibility index (Phi) is 33.1. The standard InChI is InChI=1S/C19H40O5S.C16H35NO/c1-4-5-6-7-8-9-10-11-12-13-14-15-16-18(20)17-19(2,3)24-25(21,22)23;1-2-3-4-5-6-7-8-9-10-11-12-13-14-16(18)15-17/h18,20H,4-17H2,1-3H3,(H,21,22,23);16,18H,2-15,17H2,1H3. The van der Waals surface area contributed by atoms with Crippen molar-refractivity contribution in [3.05, 3.63) is 0 Å². The molecule has 0 aromatic heterocycles. The van der Waals surface area contributed by atoms with E-state index in [0.717, 1.165) is 19.3 Å². The number of quaternary nitrogens is 1. The fourth-order valence-electron chi connectivity index (χ4n) is 5.57. The van der Waals surface area contributed by atoms with Crippen LogP contribution in [0.3, 0.4) is 0 Å². The Morgan fingerprint density at radius 3 is 1.14 bits per heavy atom. The number of hydrogen-bond donors (Lipinski definition) is 3. The average Bonchev–Trinajstić information content (AvgIpc) is 2.92. The van der Waals surface area contributed by atoms with E-state index < -0.39 is 22.1 Å². The van der Waals surface area contributed by atoms with Crippen LogP contribution in [0.4, 0.5) is 0 Å². The molecule has 0 heterocycles. The van der Waals surface area contributed by atoms with E-state index in [2.05, 4.69) is 23.8 Å². The molecule has 0 amide bonds. The van der Waals surface area contributed by atoms with Crippen LogP contribution in [0.1, 0.15) is 201 Å². The number of hydrogen-bond acceptors (Lipinski definition) is 6. The molecule has 0 aliphatic carbocycles. The predicted molar refractivity (Wildman–Crippen MR) is 181 cm³/mol. The second kappa shape index (κ2) is 31.7. The highest BCUT2D eigenvalue weighted by molar-refractivity contribution is 7.80. The van der Waals surface area contributed by atoms with Crippen molar-refractivity contribution in [3.63, 3.8) is 0 Å². The van der Waals surface area contributed by atoms with Crippen molar-refractivity contribution in [2.75, 3.05) is 6.54 Å². The second-order valence-electron chi connectivity index (χ2n) is 13.4. The highest BCUT2D eigenvalue weighted by Gasteiger charge is 2.25. The quantitative estimate of drug-likeness (QED) is 0.0395. The second-order valence-corrected chi connectivity index (χ2v) is 14.4. The van der Waals surface area contributed by atoms with Gasteiger partial charge in [0.15, 0.2) is 0 Å². The van der Waals surface area contributed by atoms with Crippen molar-refractivity contribution in [1.29, 1.82) is 0 Å². The Labute approximate surface area is 268 Å². The van der Waals surface area contributed by atoms with Gasteiger partial charge >= 0.3 is 0 Å². The van der Waals surface area contributed by atoms with Gasteiger partial charge in [-0.05, 0) is 26.7 Å². The maximum Gasteiger partial charge on any atom is 0.218 e. The molecule has 0 aromatic rings. The van der Waals surface area contributed by atoms with Crippen molar-refractivity contribution in [3.8, 4) is 0 Å². The van der Waals surface area contributed by atoms with E-state index in [9.17, 15) is 23.2 Å². The fraction of sp³-hybridized carbons (Fsp3) is 1.00. The van der Waals surface area contributed by atoms with E-state index in [1.165, 1.54) is 155 Å². The summed E-state index contributed by atoms with van der Waals surface area (Å²) in [5, 5.41) is 19.3. The topological polar surface area (TPSA) is 135 Å². The van der Waals surface area contributed by atoms with E-state index in [1.807, 2.05) is 0 Å². The lowest BCUT2D eigenvalue weighted by Gasteiger charge is -2.28. The van der Waals surface area contributed by atoms with Crippen LogP contribution in [0.15, 0.2) is 0 Å². The summed E-state index contributed by atoms with van der Waals surface area (Å²) < 4.78 is 36.4. The number of aliphatic hydroxyl groups excluding tert-OH is 2. The van der Waals surface area contributed by atoms with Crippen molar-refractivity contribution in [1.82, 2.24) is 0 Å². The maximum absolute atomic E-state index is 10.6. The van der Waals surface area contributed by atoms with Gasteiger partial charge < -0.3 is 20.5 Å². The number of rotatable bonds is 31. The first kappa shape index (κ1) is 44.9. The Hall–Kier alpha value is -0.250. The summed E-state index contributed by atoms with van der Waals surface area (Å²) in [5.41, 5.74) is 2.56. The van der Waals surface area contributed by atoms with E-state index in [0.29, 0.717) is 13.0 Å². The molecule has 0 saturated heterocycles. The van der Waals surface area contributed by atoms with Gasteiger partial charge in [-0.3, -0.25) is 4.18 Å². The molecule has 0 aliphatic heterocycles. The lowest BCUT2D eigenvalue weighted by atomic mass is 9.97. The molecule has 7 nitrogen and oxygen atoms in total. The summed E-state index contributed by atoms with van der Waals surface area (Å²) in [6, 6.07) is 0. The van der Waals surface area contributed by atoms with Gasteiger partial charge in [-0.25, -0.2) is 8.42 Å². The van der Waals surface area contributed by atoms with Gasteiger partial charge in [0.25, 0.3) is 0 Å². The molecule has 43 heavy (non-hydrogen) atoms. The first-order chi connectivity index (χ1) is 20.5. The van der Waals surface area contributed by atoms with Gasteiger partial charge in [0.1, 0.15) is 12.6 Å². The van der Waals surface area contributed by atoms with Crippen LogP contribution >= 0.6 is 0 Å². The lowest BCUT2D eigenvalue weighted by molar-refractivity contribution is -0.384. The number of unbranched alkanes of at least 4 members (excludes halogenated alkanes) is 22. The smallest absolute Gasteiger partial charge is 0.218 e. The third-order valence-electron chi connectivity index (χ3n) is 8.17. The van der Waals surface area contributed by atoms with Crippen LogP contribution in [-0.2, 0) is 14.6 Å². The Morgan fingerprint density at radius 1 is 0.581 bits per heavy atom. The zero-order valence-corrected chi connectivity index (χ0v) is 29.9. The highest BCUT2D eigenvalue weighted by atomic mass is 32.3. The molecule has 5 N–H and O–H groups in total. The molecule has 8 heteroatoms. The molecule has 262 valence electrons. The summed E-state index contributed by atoms with van der Waals surface area (Å²) in [5.74, 6) is 0. The van der Waals surface area contributed by atoms with Crippen molar-refractivity contribution in [2.45, 2.75) is 219 Å². The molecule has 0 radical (unpaired) electrons. The normalized spacial score (nSPS) is 13.5. The minimum atomic E-state index is -4.74. The van der Waals surface area contributed by atoms with Crippen LogP contribution < -0.4 is 5.73 Å². The van der Waals surface area contributed by atoms with Crippen LogP contribution in [-0.4, -0.2) is 47.5 Å². The molecule has 0 aliphatic rings. The van der Waals surface area contributed by atoms with Crippen LogP contribution in [0.25, 0.3) is 0 Å². The third kappa shape index (κ3) is 39.7. The minimum Gasteiger partial charge on any atom is -0.726 e. The van der Waals surface area contributed by atoms with Crippen LogP contribution in [0.5, 0.6) is 0 Å². The van der Waals surface area contributed by atoms with Gasteiger partial charge in [0.05, 0.1) is 11.7 Å². The minimum absolute atomic E-state index is 0.145. The zero-order valence-electron chi connectivity index (χ0n) is 29.1. The van der Waals surface area contributed by atoms with Gasteiger partial charge in [0, 0.05) is 6.42 Å². The fourth-order valence-corrected chi connectivity index (χ4v) is 6.19. The molecular weight excluding hydrogens is 562 g/mol. The molecule has 0 spiro atoms. The first-order valence-corrected chi connectivity index (χ1v) is 19.6. The molecule has 0 fully saturated rings. The summed E-state index contributed by atoms with van der Waals surface area (Å²) in [7, 11) is -4.74. The van der Waals surface area contributed by atoms with Gasteiger partial charge in [0.2, 0.25) is 10.4 Å². The average molecular weight is 638 g/mol. The summed E-state index contributed by atoms with van der Waals surface area (Å²) in [6.45, 7) is 8.20. The molecule has 2 atom stereocenters. The van der Waals surface area contributed by atoms with Gasteiger partial charge in [-0.1, -0.05) is 168 Å². The van der Waals surface area contributed by atoms with Crippen molar-refractivity contribution in [2.24, 2.45) is 0 Å². The van der Waals surface area contributed by atoms with Gasteiger partial charge in [-0.15, -0.1) is 0 Å². The third-order valence-corrected chi connectivity index (χ3v) is 8.83. The molecule has 0 aromatic carbocycles. The predicted octanol–water partition coefficient (Wildman–Crippen LogP) is 8.76. The molecule has 0 rings (SSSR count). The van der Waals surface area contributed by atoms with Crippen LogP contribution in [0, 0.1) is 0 Å². The largest absolute Gasteiger partial charge is 0.726 e. The SMILES string of the molecule is CCCCCCCCCCCCCCC(O)CC(C)(C)OS(=O)(=O)[O-].CCCCCCCCCCCCCCC(O)C[NH3+]. The Bertz CT molecular complexity index is 659. The molecule has 0 bridgehead atoms. The Balaban J connectivity index is 0. The van der Waals surface area contributed by atoms with Gasteiger partial charge in [-0.2, -0.15) is 0 Å². The molecular formula is C35H75NO6S. The van der Waals surface area contributed by atoms with Crippen molar-refractivity contribution < 1.29 is 33.1 Å². The van der Waals surface area contributed by atoms with Crippen LogP contribution in [0.2, 0.25) is 0 Å². The van der Waals surface area contributed by atoms with E-state index in [1.54, 1.807) is 0 Å². The summed E-state index contributed by atoms with van der Waals surface area (Å²) >= 11 is 0. The van der Waals surface area contributed by atoms with Crippen molar-refractivity contribution >= 4 is 10.4 Å². The Morgan fingerprint density at radius 2 is 0.860 bits per heavy atom. The lowest BCUT2D eigenvalue weighted by Crippen LogP contribution is -2.55. The highest BCUT2D eigenvalue weighted by Crippen LogP contribution is 2.22. The summed E-state index contributed by atoms with van der Waals surface area (Å²) in [4.78, 5) is 0. The van der Waals surface area contributed by atoms with E-state index in [4.69, 9.17) is 0 Å². The number of aliphatic hydroxyl groups is 2. The molecule has 2 unspecified atom stereocenters. The monoisotopic (exact) mass is 638 g/mol. The van der Waals surface area contributed by atoms with E-state index >= 15 is 0 Å². The first-order valence-electron chi connectivity index (χ1n) is 18.3. The zero-order chi connectivity index (χ0) is 32.7. The van der Waals surface area contributed by atoms with E-state index in [-0.39, 0.29) is 12.5 Å². The molecule has 0 saturated carbocycles.